The second-order valence-corrected chi connectivity index (χ2v) is 7.89. The van der Waals surface area contributed by atoms with Crippen LogP contribution in [-0.2, 0) is 22.6 Å². The largest absolute Gasteiger partial charge is 0.352 e. The summed E-state index contributed by atoms with van der Waals surface area (Å²) in [5, 5.41) is 2.93. The minimum Gasteiger partial charge on any atom is -0.352 e. The van der Waals surface area contributed by atoms with Gasteiger partial charge in [0.2, 0.25) is 11.8 Å². The summed E-state index contributed by atoms with van der Waals surface area (Å²) in [6, 6.07) is 13.6. The van der Waals surface area contributed by atoms with Crippen LogP contribution in [0.25, 0.3) is 0 Å². The van der Waals surface area contributed by atoms with Crippen LogP contribution in [0.1, 0.15) is 48.6 Å². The summed E-state index contributed by atoms with van der Waals surface area (Å²) in [6.45, 7) is 12.1. The van der Waals surface area contributed by atoms with Crippen molar-refractivity contribution in [2.24, 2.45) is 0 Å². The summed E-state index contributed by atoms with van der Waals surface area (Å²) in [6.07, 6.45) is 0.290. The maximum Gasteiger partial charge on any atom is 0.242 e. The average Bonchev–Trinajstić information content (AvgIpc) is 2.62. The van der Waals surface area contributed by atoms with Gasteiger partial charge in [0.1, 0.15) is 6.04 Å². The molecule has 0 radical (unpaired) electrons. The molecule has 0 aliphatic rings. The molecule has 2 rings (SSSR count). The van der Waals surface area contributed by atoms with E-state index in [0.29, 0.717) is 13.0 Å². The summed E-state index contributed by atoms with van der Waals surface area (Å²) in [4.78, 5) is 27.6. The predicted octanol–water partition coefficient (Wildman–Crippen LogP) is 4.10. The first kappa shape index (κ1) is 21.7. The van der Waals surface area contributed by atoms with Gasteiger partial charge in [0.25, 0.3) is 0 Å². The molecule has 28 heavy (non-hydrogen) atoms. The zero-order valence-corrected chi connectivity index (χ0v) is 17.9. The first-order chi connectivity index (χ1) is 13.2. The maximum atomic E-state index is 13.3. The van der Waals surface area contributed by atoms with Crippen LogP contribution in [-0.4, -0.2) is 28.8 Å². The molecule has 0 bridgehead atoms. The van der Waals surface area contributed by atoms with Gasteiger partial charge in [-0.3, -0.25) is 9.59 Å². The molecule has 0 saturated carbocycles. The predicted molar refractivity (Wildman–Crippen MR) is 114 cm³/mol. The zero-order valence-electron chi connectivity index (χ0n) is 17.9. The second kappa shape index (κ2) is 9.54. The van der Waals surface area contributed by atoms with E-state index >= 15 is 0 Å². The van der Waals surface area contributed by atoms with Gasteiger partial charge in [0, 0.05) is 12.6 Å². The molecule has 1 atom stereocenters. The molecular formula is C24H32N2O2. The van der Waals surface area contributed by atoms with Gasteiger partial charge in [-0.05, 0) is 63.8 Å². The van der Waals surface area contributed by atoms with E-state index in [1.54, 1.807) is 11.8 Å². The summed E-state index contributed by atoms with van der Waals surface area (Å²) in [5.41, 5.74) is 5.40. The molecule has 0 aliphatic heterocycles. The fraction of sp³-hybridized carbons (Fsp3) is 0.417. The number of hydrogen-bond acceptors (Lipinski definition) is 2. The van der Waals surface area contributed by atoms with Crippen LogP contribution < -0.4 is 5.32 Å². The van der Waals surface area contributed by atoms with E-state index in [9.17, 15) is 9.59 Å². The van der Waals surface area contributed by atoms with Gasteiger partial charge in [-0.1, -0.05) is 48.0 Å². The molecule has 0 saturated heterocycles. The van der Waals surface area contributed by atoms with Gasteiger partial charge in [-0.25, -0.2) is 0 Å². The fourth-order valence-electron chi connectivity index (χ4n) is 3.21. The lowest BCUT2D eigenvalue weighted by Crippen LogP contribution is -2.49. The van der Waals surface area contributed by atoms with Gasteiger partial charge >= 0.3 is 0 Å². The first-order valence-electron chi connectivity index (χ1n) is 9.89. The lowest BCUT2D eigenvalue weighted by Gasteiger charge is -2.30. The Kier molecular flexibility index (Phi) is 7.38. The number of rotatable bonds is 7. The lowest BCUT2D eigenvalue weighted by atomic mass is 10.0. The van der Waals surface area contributed by atoms with E-state index in [4.69, 9.17) is 0 Å². The van der Waals surface area contributed by atoms with Crippen LogP contribution in [0.3, 0.4) is 0 Å². The molecule has 0 spiro atoms. The smallest absolute Gasteiger partial charge is 0.242 e. The minimum atomic E-state index is -0.542. The molecule has 150 valence electrons. The third-order valence-electron chi connectivity index (χ3n) is 5.05. The SMILES string of the molecule is Cc1ccc(C)c(CC(=O)N(Cc2ccccc2C)[C@H](C)C(=O)NC(C)C)c1. The van der Waals surface area contributed by atoms with E-state index in [1.165, 1.54) is 0 Å². The molecule has 1 N–H and O–H groups in total. The van der Waals surface area contributed by atoms with Gasteiger partial charge in [0.05, 0.1) is 6.42 Å². The highest BCUT2D eigenvalue weighted by Gasteiger charge is 2.27. The summed E-state index contributed by atoms with van der Waals surface area (Å²) < 4.78 is 0. The normalized spacial score (nSPS) is 12.0. The highest BCUT2D eigenvalue weighted by molar-refractivity contribution is 5.88. The number of hydrogen-bond donors (Lipinski definition) is 1. The topological polar surface area (TPSA) is 49.4 Å². The van der Waals surface area contributed by atoms with Crippen molar-refractivity contribution in [1.82, 2.24) is 10.2 Å². The van der Waals surface area contributed by atoms with E-state index in [2.05, 4.69) is 11.4 Å². The van der Waals surface area contributed by atoms with Crippen molar-refractivity contribution < 1.29 is 9.59 Å². The maximum absolute atomic E-state index is 13.3. The molecule has 0 fully saturated rings. The average molecular weight is 381 g/mol. The molecule has 0 unspecified atom stereocenters. The Morgan fingerprint density at radius 2 is 1.57 bits per heavy atom. The van der Waals surface area contributed by atoms with Crippen LogP contribution in [0.4, 0.5) is 0 Å². The molecule has 0 aliphatic carbocycles. The van der Waals surface area contributed by atoms with E-state index < -0.39 is 6.04 Å². The Balaban J connectivity index is 2.30. The van der Waals surface area contributed by atoms with Crippen LogP contribution in [0, 0.1) is 20.8 Å². The summed E-state index contributed by atoms with van der Waals surface area (Å²) >= 11 is 0. The summed E-state index contributed by atoms with van der Waals surface area (Å²) in [7, 11) is 0. The van der Waals surface area contributed by atoms with Crippen molar-refractivity contribution in [2.45, 2.75) is 66.6 Å². The van der Waals surface area contributed by atoms with E-state index in [1.807, 2.05) is 71.0 Å². The standard InChI is InChI=1S/C24H32N2O2/c1-16(2)25-24(28)20(6)26(15-21-10-8-7-9-18(21)4)23(27)14-22-13-17(3)11-12-19(22)5/h7-13,16,20H,14-15H2,1-6H3,(H,25,28)/t20-/m1/s1. The van der Waals surface area contributed by atoms with Gasteiger partial charge in [-0.15, -0.1) is 0 Å². The first-order valence-corrected chi connectivity index (χ1v) is 9.89. The third kappa shape index (κ3) is 5.69. The van der Waals surface area contributed by atoms with E-state index in [-0.39, 0.29) is 17.9 Å². The molecule has 0 aromatic heterocycles. The highest BCUT2D eigenvalue weighted by atomic mass is 16.2. The molecule has 2 aromatic carbocycles. The Bertz CT molecular complexity index is 842. The van der Waals surface area contributed by atoms with Crippen molar-refractivity contribution >= 4 is 11.8 Å². The van der Waals surface area contributed by atoms with Crippen LogP contribution in [0.5, 0.6) is 0 Å². The highest BCUT2D eigenvalue weighted by Crippen LogP contribution is 2.17. The van der Waals surface area contributed by atoms with Crippen molar-refractivity contribution in [3.8, 4) is 0 Å². The van der Waals surface area contributed by atoms with Gasteiger partial charge in [0.15, 0.2) is 0 Å². The van der Waals surface area contributed by atoms with Crippen molar-refractivity contribution in [3.63, 3.8) is 0 Å². The van der Waals surface area contributed by atoms with Crippen LogP contribution >= 0.6 is 0 Å². The minimum absolute atomic E-state index is 0.0318. The number of amides is 2. The number of carbonyl (C=O) groups is 2. The quantitative estimate of drug-likeness (QED) is 0.786. The van der Waals surface area contributed by atoms with Crippen LogP contribution in [0.15, 0.2) is 42.5 Å². The van der Waals surface area contributed by atoms with Gasteiger partial charge < -0.3 is 10.2 Å². The van der Waals surface area contributed by atoms with Crippen molar-refractivity contribution in [2.75, 3.05) is 0 Å². The van der Waals surface area contributed by atoms with Gasteiger partial charge in [-0.2, -0.15) is 0 Å². The molecule has 2 amide bonds. The molecule has 4 heteroatoms. The molecule has 0 heterocycles. The Morgan fingerprint density at radius 1 is 0.929 bits per heavy atom. The third-order valence-corrected chi connectivity index (χ3v) is 5.05. The number of nitrogens with zero attached hydrogens (tertiary/aromatic N) is 1. The number of aryl methyl sites for hydroxylation is 3. The monoisotopic (exact) mass is 380 g/mol. The van der Waals surface area contributed by atoms with Crippen molar-refractivity contribution in [1.29, 1.82) is 0 Å². The summed E-state index contributed by atoms with van der Waals surface area (Å²) in [5.74, 6) is -0.166. The Hall–Kier alpha value is -2.62. The van der Waals surface area contributed by atoms with Crippen LogP contribution in [0.2, 0.25) is 0 Å². The number of benzene rings is 2. The Labute approximate surface area is 169 Å². The van der Waals surface area contributed by atoms with E-state index in [0.717, 1.165) is 27.8 Å². The lowest BCUT2D eigenvalue weighted by molar-refractivity contribution is -0.140. The molecular weight excluding hydrogens is 348 g/mol. The van der Waals surface area contributed by atoms with Crippen molar-refractivity contribution in [3.05, 3.63) is 70.3 Å². The number of nitrogens with one attached hydrogen (secondary N) is 1. The zero-order chi connectivity index (χ0) is 20.8. The second-order valence-electron chi connectivity index (χ2n) is 7.89. The molecule has 4 nitrogen and oxygen atoms in total. The number of carbonyl (C=O) groups excluding carboxylic acids is 2. The Morgan fingerprint density at radius 3 is 2.21 bits per heavy atom. The fourth-order valence-corrected chi connectivity index (χ4v) is 3.21. The molecule has 2 aromatic rings.